The average molecular weight is 339 g/mol. The summed E-state index contributed by atoms with van der Waals surface area (Å²) in [5, 5.41) is 2.84. The molecule has 0 saturated carbocycles. The Morgan fingerprint density at radius 1 is 0.920 bits per heavy atom. The van der Waals surface area contributed by atoms with Crippen molar-refractivity contribution in [2.45, 2.75) is 39.2 Å². The van der Waals surface area contributed by atoms with Gasteiger partial charge in [-0.3, -0.25) is 9.59 Å². The van der Waals surface area contributed by atoms with E-state index in [0.717, 1.165) is 24.2 Å². The van der Waals surface area contributed by atoms with E-state index in [2.05, 4.69) is 12.2 Å². The van der Waals surface area contributed by atoms with Crippen LogP contribution in [0.25, 0.3) is 0 Å². The predicted octanol–water partition coefficient (Wildman–Crippen LogP) is 3.93. The second-order valence-electron chi connectivity index (χ2n) is 5.99. The molecule has 0 spiro atoms. The summed E-state index contributed by atoms with van der Waals surface area (Å²) in [6.07, 6.45) is 2.52. The van der Waals surface area contributed by atoms with Crippen molar-refractivity contribution in [3.8, 4) is 5.75 Å². The topological polar surface area (TPSA) is 55.4 Å². The second kappa shape index (κ2) is 9.62. The number of aryl methyl sites for hydroxylation is 1. The maximum Gasteiger partial charge on any atom is 0.220 e. The van der Waals surface area contributed by atoms with E-state index in [4.69, 9.17) is 4.74 Å². The lowest BCUT2D eigenvalue weighted by Crippen LogP contribution is -2.23. The molecule has 0 bridgehead atoms. The fourth-order valence-electron chi connectivity index (χ4n) is 2.55. The Morgan fingerprint density at radius 2 is 1.56 bits per heavy atom. The van der Waals surface area contributed by atoms with Crippen LogP contribution in [-0.2, 0) is 17.8 Å². The van der Waals surface area contributed by atoms with Gasteiger partial charge in [0.25, 0.3) is 0 Å². The van der Waals surface area contributed by atoms with Gasteiger partial charge in [0.2, 0.25) is 5.91 Å². The second-order valence-corrected chi connectivity index (χ2v) is 5.99. The molecule has 0 aromatic heterocycles. The number of nitrogens with one attached hydrogen (secondary N) is 1. The molecule has 0 aliphatic carbocycles. The first-order chi connectivity index (χ1) is 12.1. The van der Waals surface area contributed by atoms with E-state index in [-0.39, 0.29) is 24.5 Å². The molecule has 0 unspecified atom stereocenters. The first kappa shape index (κ1) is 18.7. The van der Waals surface area contributed by atoms with E-state index < -0.39 is 0 Å². The molecule has 0 aliphatic heterocycles. The standard InChI is InChI=1S/C21H25NO3/c1-3-4-16-5-9-18(10-6-16)20(23)13-14-21(24)22-15-17-7-11-19(25-2)12-8-17/h5-12H,3-4,13-15H2,1-2H3,(H,22,24). The molecule has 2 rings (SSSR count). The van der Waals surface area contributed by atoms with Gasteiger partial charge >= 0.3 is 0 Å². The van der Waals surface area contributed by atoms with Gasteiger partial charge in [-0.2, -0.15) is 0 Å². The minimum atomic E-state index is -0.119. The van der Waals surface area contributed by atoms with E-state index in [9.17, 15) is 9.59 Å². The quantitative estimate of drug-likeness (QED) is 0.704. The normalized spacial score (nSPS) is 10.3. The third kappa shape index (κ3) is 6.07. The Morgan fingerprint density at radius 3 is 2.16 bits per heavy atom. The molecular weight excluding hydrogens is 314 g/mol. The van der Waals surface area contributed by atoms with Crippen molar-refractivity contribution in [1.29, 1.82) is 0 Å². The van der Waals surface area contributed by atoms with Crippen molar-refractivity contribution < 1.29 is 14.3 Å². The van der Waals surface area contributed by atoms with Crippen LogP contribution in [0.15, 0.2) is 48.5 Å². The van der Waals surface area contributed by atoms with Crippen molar-refractivity contribution in [2.75, 3.05) is 7.11 Å². The summed E-state index contributed by atoms with van der Waals surface area (Å²) in [6, 6.07) is 15.2. The Balaban J connectivity index is 1.75. The molecule has 2 aromatic carbocycles. The molecule has 4 heteroatoms. The highest BCUT2D eigenvalue weighted by molar-refractivity contribution is 5.97. The zero-order valence-corrected chi connectivity index (χ0v) is 14.9. The zero-order chi connectivity index (χ0) is 18.1. The third-order valence-electron chi connectivity index (χ3n) is 4.04. The van der Waals surface area contributed by atoms with Crippen molar-refractivity contribution in [3.05, 3.63) is 65.2 Å². The maximum atomic E-state index is 12.2. The molecule has 0 atom stereocenters. The molecule has 2 aromatic rings. The summed E-state index contributed by atoms with van der Waals surface area (Å²) in [7, 11) is 1.62. The van der Waals surface area contributed by atoms with Crippen molar-refractivity contribution in [3.63, 3.8) is 0 Å². The fourth-order valence-corrected chi connectivity index (χ4v) is 2.55. The van der Waals surface area contributed by atoms with Crippen LogP contribution >= 0.6 is 0 Å². The average Bonchev–Trinajstić information content (AvgIpc) is 2.65. The van der Waals surface area contributed by atoms with Crippen molar-refractivity contribution >= 4 is 11.7 Å². The summed E-state index contributed by atoms with van der Waals surface area (Å²) in [4.78, 5) is 24.1. The molecule has 0 radical (unpaired) electrons. The zero-order valence-electron chi connectivity index (χ0n) is 14.9. The van der Waals surface area contributed by atoms with Crippen LogP contribution in [0.2, 0.25) is 0 Å². The Kier molecular flexibility index (Phi) is 7.20. The minimum Gasteiger partial charge on any atom is -0.497 e. The first-order valence-corrected chi connectivity index (χ1v) is 8.64. The van der Waals surface area contributed by atoms with Gasteiger partial charge in [0, 0.05) is 24.9 Å². The molecule has 0 saturated heterocycles. The molecule has 4 nitrogen and oxygen atoms in total. The van der Waals surface area contributed by atoms with Gasteiger partial charge in [0.05, 0.1) is 7.11 Å². The highest BCUT2D eigenvalue weighted by atomic mass is 16.5. The molecule has 0 fully saturated rings. The van der Waals surface area contributed by atoms with Crippen LogP contribution in [0.4, 0.5) is 0 Å². The maximum absolute atomic E-state index is 12.2. The summed E-state index contributed by atoms with van der Waals surface area (Å²) >= 11 is 0. The first-order valence-electron chi connectivity index (χ1n) is 8.64. The highest BCUT2D eigenvalue weighted by Crippen LogP contribution is 2.12. The van der Waals surface area contributed by atoms with Gasteiger partial charge in [0.1, 0.15) is 5.75 Å². The Labute approximate surface area is 149 Å². The number of carbonyl (C=O) groups is 2. The number of rotatable bonds is 9. The van der Waals surface area contributed by atoms with Crippen molar-refractivity contribution in [1.82, 2.24) is 5.32 Å². The lowest BCUT2D eigenvalue weighted by Gasteiger charge is -2.07. The van der Waals surface area contributed by atoms with Crippen LogP contribution < -0.4 is 10.1 Å². The summed E-state index contributed by atoms with van der Waals surface area (Å²) in [5.41, 5.74) is 2.89. The van der Waals surface area contributed by atoms with Crippen LogP contribution in [-0.4, -0.2) is 18.8 Å². The lowest BCUT2D eigenvalue weighted by atomic mass is 10.0. The highest BCUT2D eigenvalue weighted by Gasteiger charge is 2.09. The van der Waals surface area contributed by atoms with Gasteiger partial charge in [-0.25, -0.2) is 0 Å². The van der Waals surface area contributed by atoms with E-state index in [0.29, 0.717) is 12.1 Å². The predicted molar refractivity (Wildman–Crippen MR) is 98.8 cm³/mol. The van der Waals surface area contributed by atoms with Gasteiger partial charge in [-0.05, 0) is 29.7 Å². The van der Waals surface area contributed by atoms with E-state index >= 15 is 0 Å². The van der Waals surface area contributed by atoms with E-state index in [1.54, 1.807) is 7.11 Å². The molecule has 25 heavy (non-hydrogen) atoms. The Bertz CT molecular complexity index is 690. The number of hydrogen-bond donors (Lipinski definition) is 1. The van der Waals surface area contributed by atoms with Gasteiger partial charge in [-0.1, -0.05) is 49.7 Å². The summed E-state index contributed by atoms with van der Waals surface area (Å²) in [6.45, 7) is 2.58. The van der Waals surface area contributed by atoms with Crippen LogP contribution in [0, 0.1) is 0 Å². The van der Waals surface area contributed by atoms with Crippen LogP contribution in [0.5, 0.6) is 5.75 Å². The van der Waals surface area contributed by atoms with E-state index in [1.165, 1.54) is 5.56 Å². The number of benzene rings is 2. The fraction of sp³-hybridized carbons (Fsp3) is 0.333. The third-order valence-corrected chi connectivity index (χ3v) is 4.04. The molecule has 1 N–H and O–H groups in total. The number of Topliss-reactive ketones (excluding diaryl/α,β-unsaturated/α-hetero) is 1. The van der Waals surface area contributed by atoms with Gasteiger partial charge < -0.3 is 10.1 Å². The van der Waals surface area contributed by atoms with E-state index in [1.807, 2.05) is 48.5 Å². The number of amides is 1. The number of carbonyl (C=O) groups excluding carboxylic acids is 2. The van der Waals surface area contributed by atoms with Crippen molar-refractivity contribution in [2.24, 2.45) is 0 Å². The largest absolute Gasteiger partial charge is 0.497 e. The number of ether oxygens (including phenoxy) is 1. The summed E-state index contributed by atoms with van der Waals surface area (Å²) in [5.74, 6) is 0.667. The number of hydrogen-bond acceptors (Lipinski definition) is 3. The molecule has 132 valence electrons. The number of methoxy groups -OCH3 is 1. The molecule has 0 heterocycles. The van der Waals surface area contributed by atoms with Crippen LogP contribution in [0.3, 0.4) is 0 Å². The SMILES string of the molecule is CCCc1ccc(C(=O)CCC(=O)NCc2ccc(OC)cc2)cc1. The lowest BCUT2D eigenvalue weighted by molar-refractivity contribution is -0.121. The smallest absolute Gasteiger partial charge is 0.220 e. The monoisotopic (exact) mass is 339 g/mol. The summed E-state index contributed by atoms with van der Waals surface area (Å²) < 4.78 is 5.10. The van der Waals surface area contributed by atoms with Gasteiger partial charge in [0.15, 0.2) is 5.78 Å². The van der Waals surface area contributed by atoms with Gasteiger partial charge in [-0.15, -0.1) is 0 Å². The molecule has 0 aliphatic rings. The molecular formula is C21H25NO3. The molecule has 1 amide bonds. The number of ketones is 1. The minimum absolute atomic E-state index is 0.00245. The van der Waals surface area contributed by atoms with Crippen LogP contribution in [0.1, 0.15) is 47.7 Å². The Hall–Kier alpha value is -2.62.